The third kappa shape index (κ3) is 4.20. The summed E-state index contributed by atoms with van der Waals surface area (Å²) in [5.41, 5.74) is 1.88. The number of aromatic nitrogens is 2. The molecule has 3 nitrogen and oxygen atoms in total. The van der Waals surface area contributed by atoms with Crippen molar-refractivity contribution >= 4 is 11.8 Å². The topological polar surface area (TPSA) is 38.9 Å². The summed E-state index contributed by atoms with van der Waals surface area (Å²) in [7, 11) is 0. The van der Waals surface area contributed by atoms with Gasteiger partial charge < -0.3 is 4.42 Å². The lowest BCUT2D eigenvalue weighted by Crippen LogP contribution is -1.98. The van der Waals surface area contributed by atoms with Crippen LogP contribution >= 0.6 is 11.8 Å². The molecule has 0 radical (unpaired) electrons. The van der Waals surface area contributed by atoms with Crippen molar-refractivity contribution in [2.24, 2.45) is 0 Å². The zero-order valence-corrected chi connectivity index (χ0v) is 13.6. The van der Waals surface area contributed by atoms with Gasteiger partial charge in [0.1, 0.15) is 5.82 Å². The van der Waals surface area contributed by atoms with E-state index in [-0.39, 0.29) is 5.82 Å². The molecule has 0 fully saturated rings. The Bertz CT molecular complexity index is 760. The van der Waals surface area contributed by atoms with Crippen molar-refractivity contribution in [2.45, 2.75) is 30.2 Å². The lowest BCUT2D eigenvalue weighted by Gasteiger charge is -2.08. The molecular weight excluding hydrogens is 311 g/mol. The molecule has 0 spiro atoms. The molecular formula is C18H17FN2OS. The average Bonchev–Trinajstić information content (AvgIpc) is 3.02. The first-order valence-electron chi connectivity index (χ1n) is 7.46. The summed E-state index contributed by atoms with van der Waals surface area (Å²) >= 11 is 1.35. The van der Waals surface area contributed by atoms with Crippen LogP contribution in [0, 0.1) is 5.82 Å². The minimum absolute atomic E-state index is 0.211. The first-order valence-corrected chi connectivity index (χ1v) is 8.44. The van der Waals surface area contributed by atoms with E-state index in [9.17, 15) is 4.39 Å². The van der Waals surface area contributed by atoms with Gasteiger partial charge in [0, 0.05) is 12.2 Å². The summed E-state index contributed by atoms with van der Waals surface area (Å²) in [5, 5.41) is 8.59. The van der Waals surface area contributed by atoms with Gasteiger partial charge in [0.2, 0.25) is 5.89 Å². The second kappa shape index (κ2) is 7.42. The number of halogens is 1. The minimum Gasteiger partial charge on any atom is -0.416 e. The molecule has 0 N–H and O–H groups in total. The van der Waals surface area contributed by atoms with Crippen molar-refractivity contribution in [3.8, 4) is 0 Å². The number of nitrogens with zero attached hydrogens (tertiary/aromatic N) is 2. The Morgan fingerprint density at radius 2 is 1.78 bits per heavy atom. The number of rotatable bonds is 6. The van der Waals surface area contributed by atoms with Crippen LogP contribution in [0.3, 0.4) is 0 Å². The smallest absolute Gasteiger partial charge is 0.276 e. The van der Waals surface area contributed by atoms with Crippen LogP contribution in [0.5, 0.6) is 0 Å². The van der Waals surface area contributed by atoms with Crippen LogP contribution in [-0.4, -0.2) is 10.2 Å². The van der Waals surface area contributed by atoms with Crippen LogP contribution in [0.4, 0.5) is 4.39 Å². The van der Waals surface area contributed by atoms with E-state index in [1.807, 2.05) is 24.3 Å². The molecule has 0 amide bonds. The molecule has 3 rings (SSSR count). The van der Waals surface area contributed by atoms with Crippen molar-refractivity contribution in [1.82, 2.24) is 10.2 Å². The third-order valence-corrected chi connectivity index (χ3v) is 4.47. The van der Waals surface area contributed by atoms with E-state index in [0.29, 0.717) is 34.8 Å². The van der Waals surface area contributed by atoms with Gasteiger partial charge in [-0.1, -0.05) is 67.2 Å². The Hall–Kier alpha value is -2.14. The molecule has 0 saturated heterocycles. The molecule has 0 bridgehead atoms. The Morgan fingerprint density at radius 1 is 1.04 bits per heavy atom. The van der Waals surface area contributed by atoms with E-state index >= 15 is 0 Å². The molecule has 1 aromatic heterocycles. The molecule has 1 unspecified atom stereocenters. The Balaban J connectivity index is 1.59. The molecule has 2 aromatic carbocycles. The number of benzene rings is 2. The average molecular weight is 328 g/mol. The van der Waals surface area contributed by atoms with Gasteiger partial charge in [-0.15, -0.1) is 10.2 Å². The van der Waals surface area contributed by atoms with Crippen LogP contribution in [0.1, 0.15) is 29.9 Å². The highest BCUT2D eigenvalue weighted by Crippen LogP contribution is 2.25. The zero-order chi connectivity index (χ0) is 16.1. The van der Waals surface area contributed by atoms with Crippen molar-refractivity contribution in [3.05, 3.63) is 77.4 Å². The van der Waals surface area contributed by atoms with Crippen LogP contribution in [-0.2, 0) is 12.2 Å². The van der Waals surface area contributed by atoms with E-state index in [0.717, 1.165) is 0 Å². The summed E-state index contributed by atoms with van der Waals surface area (Å²) in [4.78, 5) is 0. The fourth-order valence-corrected chi connectivity index (χ4v) is 3.06. The fourth-order valence-electron chi connectivity index (χ4n) is 2.30. The van der Waals surface area contributed by atoms with Gasteiger partial charge in [-0.3, -0.25) is 0 Å². The zero-order valence-electron chi connectivity index (χ0n) is 12.8. The highest BCUT2D eigenvalue weighted by atomic mass is 32.2. The molecule has 0 saturated carbocycles. The van der Waals surface area contributed by atoms with Crippen LogP contribution in [0.2, 0.25) is 0 Å². The number of hydrogen-bond acceptors (Lipinski definition) is 4. The summed E-state index contributed by atoms with van der Waals surface area (Å²) in [6.07, 6.45) is 0.692. The normalized spacial score (nSPS) is 12.3. The summed E-state index contributed by atoms with van der Waals surface area (Å²) in [5.74, 6) is 1.18. The van der Waals surface area contributed by atoms with E-state index < -0.39 is 0 Å². The van der Waals surface area contributed by atoms with Gasteiger partial charge in [0.25, 0.3) is 5.22 Å². The van der Waals surface area contributed by atoms with Crippen LogP contribution in [0.25, 0.3) is 0 Å². The van der Waals surface area contributed by atoms with Gasteiger partial charge in [-0.25, -0.2) is 4.39 Å². The quantitative estimate of drug-likeness (QED) is 0.607. The van der Waals surface area contributed by atoms with Gasteiger partial charge in [0.05, 0.1) is 0 Å². The molecule has 0 aliphatic carbocycles. The number of hydrogen-bond donors (Lipinski definition) is 0. The van der Waals surface area contributed by atoms with Crippen molar-refractivity contribution < 1.29 is 8.81 Å². The molecule has 3 aromatic rings. The molecule has 0 aliphatic heterocycles. The van der Waals surface area contributed by atoms with Crippen molar-refractivity contribution in [1.29, 1.82) is 0 Å². The third-order valence-electron chi connectivity index (χ3n) is 3.61. The molecule has 118 valence electrons. The van der Waals surface area contributed by atoms with Crippen molar-refractivity contribution in [2.75, 3.05) is 0 Å². The first-order chi connectivity index (χ1) is 11.2. The van der Waals surface area contributed by atoms with Crippen LogP contribution < -0.4 is 0 Å². The Morgan fingerprint density at radius 3 is 2.57 bits per heavy atom. The first kappa shape index (κ1) is 15.7. The van der Waals surface area contributed by atoms with Gasteiger partial charge in [-0.05, 0) is 23.1 Å². The summed E-state index contributed by atoms with van der Waals surface area (Å²) in [6.45, 7) is 2.13. The van der Waals surface area contributed by atoms with E-state index in [1.165, 1.54) is 23.4 Å². The monoisotopic (exact) mass is 328 g/mol. The second-order valence-electron chi connectivity index (χ2n) is 5.36. The largest absolute Gasteiger partial charge is 0.416 e. The van der Waals surface area contributed by atoms with E-state index in [4.69, 9.17) is 4.42 Å². The molecule has 0 aliphatic rings. The van der Waals surface area contributed by atoms with Gasteiger partial charge >= 0.3 is 0 Å². The van der Waals surface area contributed by atoms with Gasteiger partial charge in [-0.2, -0.15) is 0 Å². The molecule has 23 heavy (non-hydrogen) atoms. The highest BCUT2D eigenvalue weighted by molar-refractivity contribution is 7.98. The summed E-state index contributed by atoms with van der Waals surface area (Å²) < 4.78 is 19.2. The second-order valence-corrected chi connectivity index (χ2v) is 6.28. The number of thioether (sulfide) groups is 1. The molecule has 1 atom stereocenters. The Kier molecular flexibility index (Phi) is 5.08. The highest BCUT2D eigenvalue weighted by Gasteiger charge is 2.13. The maximum atomic E-state index is 13.6. The minimum atomic E-state index is -0.211. The lowest BCUT2D eigenvalue weighted by molar-refractivity contribution is 0.404. The van der Waals surface area contributed by atoms with Crippen LogP contribution in [0.15, 0.2) is 64.2 Å². The molecule has 1 heterocycles. The Labute approximate surface area is 138 Å². The maximum Gasteiger partial charge on any atom is 0.276 e. The van der Waals surface area contributed by atoms with E-state index in [1.54, 1.807) is 12.1 Å². The standard InChI is InChI=1S/C18H17FN2OS/c1-13(14-7-3-2-4-8-14)11-17-20-21-18(22-17)23-12-15-9-5-6-10-16(15)19/h2-10,13H,11-12H2,1H3. The SMILES string of the molecule is CC(Cc1nnc(SCc2ccccc2F)o1)c1ccccc1. The predicted octanol–water partition coefficient (Wildman–Crippen LogP) is 4.85. The lowest BCUT2D eigenvalue weighted by atomic mass is 9.98. The molecule has 5 heteroatoms. The summed E-state index contributed by atoms with van der Waals surface area (Å²) in [6, 6.07) is 16.9. The van der Waals surface area contributed by atoms with Crippen molar-refractivity contribution in [3.63, 3.8) is 0 Å². The maximum absolute atomic E-state index is 13.6. The van der Waals surface area contributed by atoms with Gasteiger partial charge in [0.15, 0.2) is 0 Å². The predicted molar refractivity (Wildman–Crippen MR) is 88.8 cm³/mol. The fraction of sp³-hybridized carbons (Fsp3) is 0.222. The van der Waals surface area contributed by atoms with E-state index in [2.05, 4.69) is 29.3 Å².